The van der Waals surface area contributed by atoms with Crippen molar-refractivity contribution in [3.8, 4) is 0 Å². The highest BCUT2D eigenvalue weighted by atomic mass is 16.7. The predicted molar refractivity (Wildman–Crippen MR) is 197 cm³/mol. The standard InChI is InChI=1S/C42H70O12/c1-21-34(54-36-32(49)30(47)29(46)24(19-43)52-36)31(48)33(50)35(51-21)53-28-12-13-39(6)25(38(28,4)5)11-14-40(7)26(39)10-9-22-23-17-37(2,3)15-16-42(23,20-44)27(45)18-41(22,40)8/h9,21,23-36,43-50H,10-20H2,1-8H3. The molecule has 0 radical (unpaired) electrons. The quantitative estimate of drug-likeness (QED) is 0.146. The first-order valence-corrected chi connectivity index (χ1v) is 20.7. The number of fused-ring (bicyclic) bond motifs is 7. The largest absolute Gasteiger partial charge is 0.396 e. The average molecular weight is 767 g/mol. The zero-order valence-corrected chi connectivity index (χ0v) is 33.7. The van der Waals surface area contributed by atoms with Crippen LogP contribution in [0.3, 0.4) is 0 Å². The highest BCUT2D eigenvalue weighted by Crippen LogP contribution is 2.75. The van der Waals surface area contributed by atoms with Crippen LogP contribution in [0.2, 0.25) is 0 Å². The smallest absolute Gasteiger partial charge is 0.187 e. The van der Waals surface area contributed by atoms with Crippen LogP contribution in [0.5, 0.6) is 0 Å². The Morgan fingerprint density at radius 3 is 2.06 bits per heavy atom. The highest BCUT2D eigenvalue weighted by molar-refractivity contribution is 5.35. The molecule has 2 aliphatic heterocycles. The minimum Gasteiger partial charge on any atom is -0.396 e. The Morgan fingerprint density at radius 2 is 1.39 bits per heavy atom. The van der Waals surface area contributed by atoms with E-state index >= 15 is 0 Å². The monoisotopic (exact) mass is 766 g/mol. The van der Waals surface area contributed by atoms with Crippen LogP contribution in [-0.4, -0.2) is 128 Å². The van der Waals surface area contributed by atoms with Gasteiger partial charge in [-0.25, -0.2) is 0 Å². The van der Waals surface area contributed by atoms with Crippen molar-refractivity contribution < 1.29 is 59.8 Å². The number of aliphatic hydroxyl groups excluding tert-OH is 8. The molecule has 12 heteroatoms. The number of hydrogen-bond acceptors (Lipinski definition) is 12. The van der Waals surface area contributed by atoms with Crippen molar-refractivity contribution in [3.05, 3.63) is 11.6 Å². The van der Waals surface area contributed by atoms with Gasteiger partial charge >= 0.3 is 0 Å². The van der Waals surface area contributed by atoms with Gasteiger partial charge in [0.1, 0.15) is 42.7 Å². The molecule has 0 spiro atoms. The number of allylic oxidation sites excluding steroid dienone is 2. The fourth-order valence-corrected chi connectivity index (χ4v) is 13.7. The first-order chi connectivity index (χ1) is 25.1. The van der Waals surface area contributed by atoms with E-state index in [2.05, 4.69) is 54.5 Å². The normalized spacial score (nSPS) is 55.4. The van der Waals surface area contributed by atoms with Crippen LogP contribution < -0.4 is 0 Å². The SMILES string of the molecule is CC1OC(OC2CCC3(C)C(CCC4(C)C3CC=C3C5CC(C)(C)CCC5(CO)C(O)CC34C)C2(C)C)C(O)C(O)C1OC1OC(CO)C(O)C(O)C1O. The summed E-state index contributed by atoms with van der Waals surface area (Å²) in [6, 6.07) is 0. The maximum atomic E-state index is 12.0. The van der Waals surface area contributed by atoms with Gasteiger partial charge in [-0.15, -0.1) is 0 Å². The number of ether oxygens (including phenoxy) is 4. The van der Waals surface area contributed by atoms with Crippen molar-refractivity contribution in [2.24, 2.45) is 50.2 Å². The molecule has 0 amide bonds. The Morgan fingerprint density at radius 1 is 0.722 bits per heavy atom. The van der Waals surface area contributed by atoms with Crippen LogP contribution in [0.4, 0.5) is 0 Å². The number of aliphatic hydroxyl groups is 8. The Hall–Kier alpha value is -0.740. The van der Waals surface area contributed by atoms with Gasteiger partial charge in [0.15, 0.2) is 12.6 Å². The van der Waals surface area contributed by atoms with Gasteiger partial charge in [0.2, 0.25) is 0 Å². The molecule has 19 unspecified atom stereocenters. The van der Waals surface area contributed by atoms with Gasteiger partial charge < -0.3 is 59.8 Å². The van der Waals surface area contributed by atoms with Gasteiger partial charge in [-0.3, -0.25) is 0 Å². The molecule has 0 aromatic rings. The second-order valence-corrected chi connectivity index (χ2v) is 20.8. The molecule has 4 saturated carbocycles. The fraction of sp³-hybridized carbons (Fsp3) is 0.952. The molecular weight excluding hydrogens is 696 g/mol. The van der Waals surface area contributed by atoms with E-state index in [9.17, 15) is 40.9 Å². The summed E-state index contributed by atoms with van der Waals surface area (Å²) in [6.07, 6.45) is -3.65. The molecule has 0 bridgehead atoms. The van der Waals surface area contributed by atoms with Crippen LogP contribution >= 0.6 is 0 Å². The van der Waals surface area contributed by atoms with Gasteiger partial charge in [0.25, 0.3) is 0 Å². The van der Waals surface area contributed by atoms with Crippen LogP contribution in [0.15, 0.2) is 11.6 Å². The van der Waals surface area contributed by atoms with E-state index in [1.165, 1.54) is 5.57 Å². The van der Waals surface area contributed by atoms with Gasteiger partial charge in [-0.1, -0.05) is 60.1 Å². The third-order valence-electron chi connectivity index (χ3n) is 17.3. The zero-order chi connectivity index (χ0) is 39.6. The molecular formula is C42H70O12. The summed E-state index contributed by atoms with van der Waals surface area (Å²) < 4.78 is 24.2. The first kappa shape index (κ1) is 41.4. The molecule has 2 heterocycles. The van der Waals surface area contributed by atoms with E-state index in [4.69, 9.17) is 18.9 Å². The second-order valence-electron chi connectivity index (χ2n) is 20.8. The Labute approximate surface area is 321 Å². The molecule has 54 heavy (non-hydrogen) atoms. The van der Waals surface area contributed by atoms with Crippen molar-refractivity contribution in [1.82, 2.24) is 0 Å². The lowest BCUT2D eigenvalue weighted by Gasteiger charge is -2.72. The Bertz CT molecular complexity index is 1420. The topological polar surface area (TPSA) is 199 Å². The summed E-state index contributed by atoms with van der Waals surface area (Å²) in [6.45, 7) is 17.7. The minimum atomic E-state index is -1.66. The van der Waals surface area contributed by atoms with E-state index in [0.717, 1.165) is 51.4 Å². The average Bonchev–Trinajstić information content (AvgIpc) is 3.10. The van der Waals surface area contributed by atoms with Crippen molar-refractivity contribution in [2.45, 2.75) is 187 Å². The number of rotatable bonds is 6. The summed E-state index contributed by atoms with van der Waals surface area (Å²) in [5.74, 6) is 0.872. The van der Waals surface area contributed by atoms with Crippen molar-refractivity contribution >= 4 is 0 Å². The van der Waals surface area contributed by atoms with E-state index in [0.29, 0.717) is 18.3 Å². The lowest BCUT2D eigenvalue weighted by Crippen LogP contribution is -2.67. The second kappa shape index (κ2) is 13.9. The molecule has 19 atom stereocenters. The van der Waals surface area contributed by atoms with E-state index < -0.39 is 79.5 Å². The highest BCUT2D eigenvalue weighted by Gasteiger charge is 2.70. The lowest BCUT2D eigenvalue weighted by molar-refractivity contribution is -0.364. The molecule has 0 aromatic carbocycles. The summed E-state index contributed by atoms with van der Waals surface area (Å²) >= 11 is 0. The summed E-state index contributed by atoms with van der Waals surface area (Å²) in [5, 5.41) is 86.0. The molecule has 8 N–H and O–H groups in total. The van der Waals surface area contributed by atoms with Gasteiger partial charge in [0, 0.05) is 5.41 Å². The van der Waals surface area contributed by atoms with Gasteiger partial charge in [-0.2, -0.15) is 0 Å². The molecule has 5 aliphatic carbocycles. The maximum absolute atomic E-state index is 12.0. The first-order valence-electron chi connectivity index (χ1n) is 20.7. The van der Waals surface area contributed by atoms with Crippen LogP contribution in [0.25, 0.3) is 0 Å². The molecule has 12 nitrogen and oxygen atoms in total. The molecule has 310 valence electrons. The van der Waals surface area contributed by atoms with Gasteiger partial charge in [-0.05, 0) is 110 Å². The van der Waals surface area contributed by atoms with Crippen molar-refractivity contribution in [1.29, 1.82) is 0 Å². The third kappa shape index (κ3) is 5.97. The Balaban J connectivity index is 1.08. The summed E-state index contributed by atoms with van der Waals surface area (Å²) in [5.41, 5.74) is 0.654. The molecule has 2 saturated heterocycles. The zero-order valence-electron chi connectivity index (χ0n) is 33.7. The fourth-order valence-electron chi connectivity index (χ4n) is 13.7. The van der Waals surface area contributed by atoms with Crippen molar-refractivity contribution in [3.63, 3.8) is 0 Å². The third-order valence-corrected chi connectivity index (χ3v) is 17.3. The van der Waals surface area contributed by atoms with Crippen LogP contribution in [0, 0.1) is 50.2 Å². The van der Waals surface area contributed by atoms with E-state index in [-0.39, 0.29) is 45.7 Å². The molecule has 6 fully saturated rings. The predicted octanol–water partition coefficient (Wildman–Crippen LogP) is 2.79. The summed E-state index contributed by atoms with van der Waals surface area (Å²) in [4.78, 5) is 0. The van der Waals surface area contributed by atoms with Crippen LogP contribution in [-0.2, 0) is 18.9 Å². The van der Waals surface area contributed by atoms with E-state index in [1.807, 2.05) is 0 Å². The maximum Gasteiger partial charge on any atom is 0.187 e. The molecule has 0 aromatic heterocycles. The van der Waals surface area contributed by atoms with E-state index in [1.54, 1.807) is 6.92 Å². The lowest BCUT2D eigenvalue weighted by atomic mass is 9.33. The Kier molecular flexibility index (Phi) is 10.7. The van der Waals surface area contributed by atoms with Gasteiger partial charge in [0.05, 0.1) is 31.5 Å². The number of hydrogen-bond donors (Lipinski definition) is 8. The van der Waals surface area contributed by atoms with Crippen LogP contribution in [0.1, 0.15) is 113 Å². The minimum absolute atomic E-state index is 0.00706. The van der Waals surface area contributed by atoms with Crippen molar-refractivity contribution in [2.75, 3.05) is 13.2 Å². The molecule has 7 aliphatic rings. The molecule has 7 rings (SSSR count). The summed E-state index contributed by atoms with van der Waals surface area (Å²) in [7, 11) is 0.